The standard InChI is InChI=1S/C20H30O3/c1-18-8-5-14(21)11-13(18)3-4-15-16(18)6-9-19(2)17(15)7-10-20(19)22-12-23-20/h3,14-17,21H,4-12H2,1-2H3/t14-,15+,16-,17-,18-,19-/m0/s1. The highest BCUT2D eigenvalue weighted by Crippen LogP contribution is 2.69. The molecule has 0 aromatic rings. The third-order valence-corrected chi connectivity index (χ3v) is 8.71. The Balaban J connectivity index is 1.49. The Hall–Kier alpha value is -0.380. The largest absolute Gasteiger partial charge is 0.393 e. The van der Waals surface area contributed by atoms with E-state index in [1.54, 1.807) is 5.57 Å². The van der Waals surface area contributed by atoms with E-state index in [9.17, 15) is 5.11 Å². The van der Waals surface area contributed by atoms with Crippen molar-refractivity contribution in [2.45, 2.75) is 77.1 Å². The highest BCUT2D eigenvalue weighted by molar-refractivity contribution is 5.26. The van der Waals surface area contributed by atoms with Crippen LogP contribution in [0.3, 0.4) is 0 Å². The number of rotatable bonds is 0. The number of aliphatic hydroxyl groups is 1. The maximum Gasteiger partial charge on any atom is 0.179 e. The predicted octanol–water partition coefficient (Wildman–Crippen LogP) is 4.01. The Kier molecular flexibility index (Phi) is 3.00. The zero-order valence-electron chi connectivity index (χ0n) is 14.5. The Bertz CT molecular complexity index is 551. The molecule has 1 spiro atoms. The smallest absolute Gasteiger partial charge is 0.179 e. The van der Waals surface area contributed by atoms with Gasteiger partial charge in [0.25, 0.3) is 0 Å². The van der Waals surface area contributed by atoms with E-state index in [-0.39, 0.29) is 17.3 Å². The van der Waals surface area contributed by atoms with Crippen LogP contribution in [0.1, 0.15) is 65.2 Å². The molecule has 1 heterocycles. The average Bonchev–Trinajstić information content (AvgIpc) is 2.81. The first kappa shape index (κ1) is 14.9. The van der Waals surface area contributed by atoms with Gasteiger partial charge >= 0.3 is 0 Å². The van der Waals surface area contributed by atoms with Gasteiger partial charge in [-0.3, -0.25) is 0 Å². The summed E-state index contributed by atoms with van der Waals surface area (Å²) in [6.07, 6.45) is 11.6. The van der Waals surface area contributed by atoms with Gasteiger partial charge in [0, 0.05) is 11.8 Å². The first-order chi connectivity index (χ1) is 11.0. The third-order valence-electron chi connectivity index (χ3n) is 8.71. The minimum absolute atomic E-state index is 0.105. The molecule has 5 rings (SSSR count). The fourth-order valence-corrected chi connectivity index (χ4v) is 7.27. The molecule has 0 radical (unpaired) electrons. The molecule has 128 valence electrons. The Morgan fingerprint density at radius 3 is 2.57 bits per heavy atom. The normalized spacial score (nSPS) is 53.8. The van der Waals surface area contributed by atoms with Crippen molar-refractivity contribution in [1.82, 2.24) is 0 Å². The second kappa shape index (κ2) is 4.62. The molecule has 4 fully saturated rings. The van der Waals surface area contributed by atoms with Crippen LogP contribution in [0.5, 0.6) is 0 Å². The van der Waals surface area contributed by atoms with Crippen molar-refractivity contribution in [1.29, 1.82) is 0 Å². The number of hydrogen-bond acceptors (Lipinski definition) is 3. The molecule has 0 unspecified atom stereocenters. The molecule has 0 bridgehead atoms. The topological polar surface area (TPSA) is 38.7 Å². The van der Waals surface area contributed by atoms with E-state index in [2.05, 4.69) is 19.9 Å². The van der Waals surface area contributed by atoms with Gasteiger partial charge in [-0.25, -0.2) is 0 Å². The van der Waals surface area contributed by atoms with Crippen LogP contribution < -0.4 is 0 Å². The van der Waals surface area contributed by atoms with Gasteiger partial charge in [-0.05, 0) is 68.1 Å². The van der Waals surface area contributed by atoms with Gasteiger partial charge in [0.05, 0.1) is 6.10 Å². The fourth-order valence-electron chi connectivity index (χ4n) is 7.27. The lowest BCUT2D eigenvalue weighted by Crippen LogP contribution is -2.60. The van der Waals surface area contributed by atoms with E-state index in [1.807, 2.05) is 0 Å². The van der Waals surface area contributed by atoms with E-state index in [0.29, 0.717) is 12.2 Å². The van der Waals surface area contributed by atoms with E-state index in [0.717, 1.165) is 37.0 Å². The number of hydrogen-bond donors (Lipinski definition) is 1. The van der Waals surface area contributed by atoms with E-state index < -0.39 is 0 Å². The highest BCUT2D eigenvalue weighted by atomic mass is 16.9. The van der Waals surface area contributed by atoms with Crippen LogP contribution in [0.25, 0.3) is 0 Å². The third kappa shape index (κ3) is 1.72. The molecule has 3 saturated carbocycles. The number of ether oxygens (including phenoxy) is 2. The maximum absolute atomic E-state index is 10.1. The summed E-state index contributed by atoms with van der Waals surface area (Å²) in [5.74, 6) is 2.06. The lowest BCUT2D eigenvalue weighted by molar-refractivity contribution is -0.437. The Morgan fingerprint density at radius 1 is 1.04 bits per heavy atom. The van der Waals surface area contributed by atoms with Crippen LogP contribution in [-0.4, -0.2) is 23.8 Å². The van der Waals surface area contributed by atoms with E-state index >= 15 is 0 Å². The van der Waals surface area contributed by atoms with Crippen molar-refractivity contribution in [2.75, 3.05) is 6.79 Å². The molecule has 5 aliphatic rings. The number of aliphatic hydroxyl groups excluding tert-OH is 1. The maximum atomic E-state index is 10.1. The summed E-state index contributed by atoms with van der Waals surface area (Å²) in [7, 11) is 0. The zero-order chi connectivity index (χ0) is 15.9. The minimum atomic E-state index is -0.254. The molecule has 0 aromatic carbocycles. The molecule has 1 aliphatic heterocycles. The van der Waals surface area contributed by atoms with Gasteiger partial charge in [-0.15, -0.1) is 0 Å². The summed E-state index contributed by atoms with van der Waals surface area (Å²) >= 11 is 0. The van der Waals surface area contributed by atoms with Crippen molar-refractivity contribution in [3.05, 3.63) is 11.6 Å². The zero-order valence-corrected chi connectivity index (χ0v) is 14.5. The van der Waals surface area contributed by atoms with Gasteiger partial charge < -0.3 is 14.6 Å². The molecule has 23 heavy (non-hydrogen) atoms. The summed E-state index contributed by atoms with van der Waals surface area (Å²) in [4.78, 5) is 0. The summed E-state index contributed by atoms with van der Waals surface area (Å²) in [5.41, 5.74) is 2.10. The molecule has 1 N–H and O–H groups in total. The highest BCUT2D eigenvalue weighted by Gasteiger charge is 2.67. The number of allylic oxidation sites excluding steroid dienone is 1. The minimum Gasteiger partial charge on any atom is -0.393 e. The van der Waals surface area contributed by atoms with Gasteiger partial charge in [-0.2, -0.15) is 0 Å². The SMILES string of the molecule is C[C@]12CC[C@H](O)CC1=CC[C@@H]1[C@@H]2CC[C@@]2(C)[C@H]1CCC21OCO1. The molecular formula is C20H30O3. The van der Waals surface area contributed by atoms with Crippen LogP contribution in [0.15, 0.2) is 11.6 Å². The first-order valence-electron chi connectivity index (χ1n) is 9.64. The van der Waals surface area contributed by atoms with Crippen LogP contribution >= 0.6 is 0 Å². The van der Waals surface area contributed by atoms with Crippen molar-refractivity contribution in [3.8, 4) is 0 Å². The summed E-state index contributed by atoms with van der Waals surface area (Å²) in [5, 5.41) is 10.1. The van der Waals surface area contributed by atoms with Gasteiger partial charge in [0.1, 0.15) is 0 Å². The first-order valence-corrected chi connectivity index (χ1v) is 9.64. The molecule has 0 aromatic heterocycles. The van der Waals surface area contributed by atoms with Crippen LogP contribution in [0.2, 0.25) is 0 Å². The second-order valence-corrected chi connectivity index (χ2v) is 9.31. The van der Waals surface area contributed by atoms with Gasteiger partial charge in [0.2, 0.25) is 0 Å². The monoisotopic (exact) mass is 318 g/mol. The van der Waals surface area contributed by atoms with Gasteiger partial charge in [0.15, 0.2) is 12.6 Å². The van der Waals surface area contributed by atoms with Crippen LogP contribution in [0.4, 0.5) is 0 Å². The fraction of sp³-hybridized carbons (Fsp3) is 0.900. The lowest BCUT2D eigenvalue weighted by Gasteiger charge is -2.60. The van der Waals surface area contributed by atoms with Gasteiger partial charge in [-0.1, -0.05) is 25.5 Å². The number of fused-ring (bicyclic) bond motifs is 6. The van der Waals surface area contributed by atoms with E-state index in [1.165, 1.54) is 32.1 Å². The summed E-state index contributed by atoms with van der Waals surface area (Å²) in [6, 6.07) is 0. The molecule has 1 saturated heterocycles. The summed E-state index contributed by atoms with van der Waals surface area (Å²) in [6.45, 7) is 5.42. The molecule has 3 nitrogen and oxygen atoms in total. The molecule has 0 amide bonds. The van der Waals surface area contributed by atoms with Crippen molar-refractivity contribution < 1.29 is 14.6 Å². The van der Waals surface area contributed by atoms with E-state index in [4.69, 9.17) is 9.47 Å². The Morgan fingerprint density at radius 2 is 1.83 bits per heavy atom. The second-order valence-electron chi connectivity index (χ2n) is 9.31. The summed E-state index contributed by atoms with van der Waals surface area (Å²) < 4.78 is 12.0. The van der Waals surface area contributed by atoms with Crippen LogP contribution in [0, 0.1) is 28.6 Å². The molecule has 3 heteroatoms. The quantitative estimate of drug-likeness (QED) is 0.686. The lowest BCUT2D eigenvalue weighted by atomic mass is 9.47. The van der Waals surface area contributed by atoms with Crippen molar-refractivity contribution >= 4 is 0 Å². The molecule has 4 aliphatic carbocycles. The predicted molar refractivity (Wildman–Crippen MR) is 87.5 cm³/mol. The molecule has 6 atom stereocenters. The average molecular weight is 318 g/mol. The van der Waals surface area contributed by atoms with Crippen molar-refractivity contribution in [3.63, 3.8) is 0 Å². The van der Waals surface area contributed by atoms with Crippen LogP contribution in [-0.2, 0) is 9.47 Å². The van der Waals surface area contributed by atoms with Crippen molar-refractivity contribution in [2.24, 2.45) is 28.6 Å². The molecular weight excluding hydrogens is 288 g/mol. The Labute approximate surface area is 139 Å².